The van der Waals surface area contributed by atoms with Gasteiger partial charge in [-0.1, -0.05) is 0 Å². The maximum Gasteiger partial charge on any atom is 0.327 e. The number of carboxylic acid groups (broad SMARTS) is 1. The molecular formula is C12H19N3O3. The number of nitrogens with one attached hydrogen (secondary N) is 1. The smallest absolute Gasteiger partial charge is 0.327 e. The van der Waals surface area contributed by atoms with Crippen molar-refractivity contribution in [1.82, 2.24) is 10.2 Å². The minimum atomic E-state index is -1.11. The lowest BCUT2D eigenvalue weighted by molar-refractivity contribution is -0.141. The Balaban J connectivity index is 2.36. The fourth-order valence-corrected chi connectivity index (χ4v) is 1.87. The zero-order valence-electron chi connectivity index (χ0n) is 10.3. The number of nitrogens with zero attached hydrogens (tertiary/aromatic N) is 1. The Bertz CT molecular complexity index is 343. The normalized spacial score (nSPS) is 18.9. The van der Waals surface area contributed by atoms with Gasteiger partial charge in [-0.2, -0.15) is 0 Å². The molecule has 0 aromatic heterocycles. The van der Waals surface area contributed by atoms with E-state index >= 15 is 0 Å². The summed E-state index contributed by atoms with van der Waals surface area (Å²) in [5, 5.41) is 11.3. The number of piperidine rings is 1. The number of hydrogen-bond acceptors (Lipinski definition) is 4. The third kappa shape index (κ3) is 4.73. The molecule has 0 radical (unpaired) electrons. The lowest BCUT2D eigenvalue weighted by atomic mass is 10.1. The van der Waals surface area contributed by atoms with Crippen LogP contribution in [0.15, 0.2) is 0 Å². The summed E-state index contributed by atoms with van der Waals surface area (Å²) >= 11 is 0. The molecule has 1 amide bonds. The van der Waals surface area contributed by atoms with Gasteiger partial charge in [-0.15, -0.1) is 12.3 Å². The van der Waals surface area contributed by atoms with Gasteiger partial charge in [0.15, 0.2) is 0 Å². The van der Waals surface area contributed by atoms with Crippen molar-refractivity contribution < 1.29 is 14.7 Å². The second kappa shape index (κ2) is 6.99. The highest BCUT2D eigenvalue weighted by atomic mass is 16.4. The molecule has 1 aliphatic heterocycles. The average Bonchev–Trinajstić information content (AvgIpc) is 2.31. The summed E-state index contributed by atoms with van der Waals surface area (Å²) in [4.78, 5) is 24.5. The zero-order chi connectivity index (χ0) is 13.5. The minimum absolute atomic E-state index is 0.00799. The van der Waals surface area contributed by atoms with Gasteiger partial charge in [-0.25, -0.2) is 4.79 Å². The van der Waals surface area contributed by atoms with Gasteiger partial charge in [0, 0.05) is 25.6 Å². The number of carbonyl (C=O) groups is 2. The number of terminal acetylenes is 1. The molecular weight excluding hydrogens is 234 g/mol. The molecule has 0 saturated carbocycles. The van der Waals surface area contributed by atoms with Gasteiger partial charge in [0.05, 0.1) is 6.54 Å². The Kier molecular flexibility index (Phi) is 5.62. The van der Waals surface area contributed by atoms with E-state index in [0.717, 1.165) is 25.9 Å². The first-order valence-electron chi connectivity index (χ1n) is 5.96. The highest BCUT2D eigenvalue weighted by molar-refractivity contribution is 5.84. The van der Waals surface area contributed by atoms with Crippen LogP contribution in [0.25, 0.3) is 0 Å². The number of aliphatic carboxylic acids is 1. The third-order valence-corrected chi connectivity index (χ3v) is 2.95. The van der Waals surface area contributed by atoms with Crippen molar-refractivity contribution in [3.8, 4) is 12.3 Å². The maximum absolute atomic E-state index is 11.7. The number of amides is 1. The first-order chi connectivity index (χ1) is 8.52. The first-order valence-corrected chi connectivity index (χ1v) is 5.96. The fraction of sp³-hybridized carbons (Fsp3) is 0.667. The van der Waals surface area contributed by atoms with Crippen LogP contribution in [0.5, 0.6) is 0 Å². The second-order valence-corrected chi connectivity index (χ2v) is 4.48. The molecule has 6 nitrogen and oxygen atoms in total. The van der Waals surface area contributed by atoms with E-state index in [2.05, 4.69) is 11.2 Å². The van der Waals surface area contributed by atoms with Gasteiger partial charge in [-0.3, -0.25) is 9.69 Å². The number of nitrogens with two attached hydrogens (primary N) is 1. The molecule has 1 rings (SSSR count). The van der Waals surface area contributed by atoms with Crippen molar-refractivity contribution in [3.63, 3.8) is 0 Å². The average molecular weight is 253 g/mol. The van der Waals surface area contributed by atoms with E-state index in [0.29, 0.717) is 0 Å². The van der Waals surface area contributed by atoms with E-state index < -0.39 is 12.0 Å². The van der Waals surface area contributed by atoms with E-state index in [-0.39, 0.29) is 24.9 Å². The highest BCUT2D eigenvalue weighted by Gasteiger charge is 2.22. The standard InChI is InChI=1S/C12H19N3O3/c1-2-3-10(12(17)18)14-11(16)8-15-6-4-9(13)5-7-15/h1,9-10H,3-8,13H2,(H,14,16)(H,17,18). The lowest BCUT2D eigenvalue weighted by Crippen LogP contribution is -2.48. The Morgan fingerprint density at radius 3 is 2.61 bits per heavy atom. The van der Waals surface area contributed by atoms with Gasteiger partial charge < -0.3 is 16.2 Å². The SMILES string of the molecule is C#CCC(NC(=O)CN1CCC(N)CC1)C(=O)O. The molecule has 0 aliphatic carbocycles. The summed E-state index contributed by atoms with van der Waals surface area (Å²) in [5.74, 6) is 0.817. The first kappa shape index (κ1) is 14.5. The fourth-order valence-electron chi connectivity index (χ4n) is 1.87. The largest absolute Gasteiger partial charge is 0.480 e. The van der Waals surface area contributed by atoms with Crippen LogP contribution in [0.2, 0.25) is 0 Å². The summed E-state index contributed by atoms with van der Waals surface area (Å²) in [7, 11) is 0. The van der Waals surface area contributed by atoms with Crippen LogP contribution in [0.4, 0.5) is 0 Å². The van der Waals surface area contributed by atoms with Crippen LogP contribution in [0.3, 0.4) is 0 Å². The summed E-state index contributed by atoms with van der Waals surface area (Å²) in [6.45, 7) is 1.73. The van der Waals surface area contributed by atoms with E-state index in [1.807, 2.05) is 4.90 Å². The number of hydrogen-bond donors (Lipinski definition) is 3. The Morgan fingerprint density at radius 1 is 1.50 bits per heavy atom. The summed E-state index contributed by atoms with van der Waals surface area (Å²) in [5.41, 5.74) is 5.76. The molecule has 6 heteroatoms. The minimum Gasteiger partial charge on any atom is -0.480 e. The van der Waals surface area contributed by atoms with Crippen LogP contribution >= 0.6 is 0 Å². The molecule has 100 valence electrons. The molecule has 1 saturated heterocycles. The van der Waals surface area contributed by atoms with Crippen molar-refractivity contribution in [3.05, 3.63) is 0 Å². The van der Waals surface area contributed by atoms with E-state index in [4.69, 9.17) is 17.3 Å². The zero-order valence-corrected chi connectivity index (χ0v) is 10.3. The van der Waals surface area contributed by atoms with Crippen molar-refractivity contribution in [2.24, 2.45) is 5.73 Å². The Hall–Kier alpha value is -1.58. The van der Waals surface area contributed by atoms with E-state index in [1.54, 1.807) is 0 Å². The summed E-state index contributed by atoms with van der Waals surface area (Å²) in [6, 6.07) is -0.799. The second-order valence-electron chi connectivity index (χ2n) is 4.48. The van der Waals surface area contributed by atoms with Gasteiger partial charge in [0.1, 0.15) is 6.04 Å². The third-order valence-electron chi connectivity index (χ3n) is 2.95. The predicted octanol–water partition coefficient (Wildman–Crippen LogP) is -0.998. The topological polar surface area (TPSA) is 95.7 Å². The van der Waals surface area contributed by atoms with Crippen LogP contribution < -0.4 is 11.1 Å². The Morgan fingerprint density at radius 2 is 2.11 bits per heavy atom. The number of carbonyl (C=O) groups excluding carboxylic acids is 1. The van der Waals surface area contributed by atoms with Crippen LogP contribution in [0.1, 0.15) is 19.3 Å². The number of rotatable bonds is 5. The summed E-state index contributed by atoms with van der Waals surface area (Å²) in [6.07, 6.45) is 6.77. The van der Waals surface area contributed by atoms with Crippen molar-refractivity contribution in [2.45, 2.75) is 31.3 Å². The molecule has 1 heterocycles. The van der Waals surface area contributed by atoms with Crippen molar-refractivity contribution in [2.75, 3.05) is 19.6 Å². The molecule has 18 heavy (non-hydrogen) atoms. The molecule has 1 atom stereocenters. The van der Waals surface area contributed by atoms with Crippen LogP contribution in [-0.2, 0) is 9.59 Å². The summed E-state index contributed by atoms with van der Waals surface area (Å²) < 4.78 is 0. The molecule has 0 spiro atoms. The van der Waals surface area contributed by atoms with Crippen molar-refractivity contribution >= 4 is 11.9 Å². The lowest BCUT2D eigenvalue weighted by Gasteiger charge is -2.29. The van der Waals surface area contributed by atoms with Crippen LogP contribution in [-0.4, -0.2) is 53.6 Å². The van der Waals surface area contributed by atoms with Gasteiger partial charge in [-0.05, 0) is 12.8 Å². The van der Waals surface area contributed by atoms with E-state index in [1.165, 1.54) is 0 Å². The Labute approximate surface area is 107 Å². The maximum atomic E-state index is 11.7. The van der Waals surface area contributed by atoms with Gasteiger partial charge >= 0.3 is 5.97 Å². The molecule has 1 aliphatic rings. The predicted molar refractivity (Wildman–Crippen MR) is 66.7 cm³/mol. The quantitative estimate of drug-likeness (QED) is 0.546. The molecule has 1 unspecified atom stereocenters. The van der Waals surface area contributed by atoms with Crippen molar-refractivity contribution in [1.29, 1.82) is 0 Å². The monoisotopic (exact) mass is 253 g/mol. The molecule has 0 aromatic carbocycles. The number of carboxylic acids is 1. The number of likely N-dealkylation sites (tertiary alicyclic amines) is 1. The molecule has 1 fully saturated rings. The molecule has 4 N–H and O–H groups in total. The van der Waals surface area contributed by atoms with E-state index in [9.17, 15) is 9.59 Å². The van der Waals surface area contributed by atoms with Crippen LogP contribution in [0, 0.1) is 12.3 Å². The molecule has 0 aromatic rings. The highest BCUT2D eigenvalue weighted by Crippen LogP contribution is 2.07. The van der Waals surface area contributed by atoms with Gasteiger partial charge in [0.2, 0.25) is 5.91 Å². The molecule has 0 bridgehead atoms. The van der Waals surface area contributed by atoms with Gasteiger partial charge in [0.25, 0.3) is 0 Å².